The van der Waals surface area contributed by atoms with Crippen LogP contribution in [-0.2, 0) is 28.4 Å². The molecular formula is C40H52O24. The van der Waals surface area contributed by atoms with E-state index in [0.717, 1.165) is 12.1 Å². The maximum atomic E-state index is 14.6. The van der Waals surface area contributed by atoms with Crippen LogP contribution in [0.25, 0.3) is 22.3 Å². The Hall–Kier alpha value is -4.03. The summed E-state index contributed by atoms with van der Waals surface area (Å²) in [5, 5.41) is 138. The molecule has 0 aliphatic carbocycles. The highest BCUT2D eigenvalue weighted by atomic mass is 16.8. The molecule has 1 aromatic heterocycles. The molecule has 0 amide bonds. The van der Waals surface area contributed by atoms with Gasteiger partial charge in [0.05, 0.1) is 32.0 Å². The molecule has 13 N–H and O–H groups in total. The molecule has 4 fully saturated rings. The van der Waals surface area contributed by atoms with Gasteiger partial charge in [0.1, 0.15) is 95.7 Å². The maximum absolute atomic E-state index is 14.6. The van der Waals surface area contributed by atoms with Crippen molar-refractivity contribution in [2.24, 2.45) is 0 Å². The van der Waals surface area contributed by atoms with Crippen LogP contribution in [0.2, 0.25) is 0 Å². The summed E-state index contributed by atoms with van der Waals surface area (Å²) in [6.45, 7) is 3.43. The molecule has 0 spiro atoms. The number of aliphatic hydroxyl groups excluding tert-OH is 11. The molecule has 4 aliphatic rings. The highest BCUT2D eigenvalue weighted by Gasteiger charge is 2.52. The Bertz CT molecular complexity index is 2150. The minimum absolute atomic E-state index is 0.0181. The van der Waals surface area contributed by atoms with Crippen molar-refractivity contribution in [3.8, 4) is 40.1 Å². The van der Waals surface area contributed by atoms with Crippen molar-refractivity contribution in [3.63, 3.8) is 0 Å². The van der Waals surface area contributed by atoms with Gasteiger partial charge in [-0.15, -0.1) is 0 Å². The van der Waals surface area contributed by atoms with Crippen molar-refractivity contribution in [1.29, 1.82) is 0 Å². The summed E-state index contributed by atoms with van der Waals surface area (Å²) in [5.74, 6) is -2.71. The zero-order valence-corrected chi connectivity index (χ0v) is 34.4. The lowest BCUT2D eigenvalue weighted by atomic mass is 9.97. The van der Waals surface area contributed by atoms with Crippen LogP contribution in [0.5, 0.6) is 28.7 Å². The van der Waals surface area contributed by atoms with Gasteiger partial charge >= 0.3 is 0 Å². The molecule has 2 aromatic carbocycles. The first-order valence-electron chi connectivity index (χ1n) is 20.1. The van der Waals surface area contributed by atoms with E-state index in [9.17, 15) is 71.2 Å². The molecule has 24 nitrogen and oxygen atoms in total. The van der Waals surface area contributed by atoms with Gasteiger partial charge in [0.15, 0.2) is 35.9 Å². The SMILES string of the molecule is COc1cc(-c2oc3cc(O[C@@H]4O[C@@H](C)[C@H](O)[C@H](O)[C@@H]4O)cc(O)c3c(=O)c2O[C@@H]2O[C@H](CO[C@@H]3O[C@H](C)[C@H](O)[C@H](O)[C@H]3O)[C@@H](O)[C@H](O)[C@H]2O[C@@H]2O[C@H](C)[C@H](O)[C@@H](O)[C@@H]2O)ccc1O. The fraction of sp³-hybridized carbons (Fsp3) is 0.625. The molecule has 0 saturated carbocycles. The van der Waals surface area contributed by atoms with E-state index in [1.165, 1.54) is 46.1 Å². The van der Waals surface area contributed by atoms with Gasteiger partial charge in [0.2, 0.25) is 23.8 Å². The fourth-order valence-electron chi connectivity index (χ4n) is 7.71. The molecule has 7 rings (SSSR count). The monoisotopic (exact) mass is 916 g/mol. The standard InChI is InChI=1S/C40H52O24/c1-11-22(43)27(48)31(52)37(57-11)56-10-20-25(46)30(51)36(64-39-33(54)29(50)24(45)13(3)59-39)40(62-20)63-35-26(47)21-17(42)8-15(60-38-32(53)28(49)23(44)12(2)58-38)9-19(21)61-34(35)14-5-6-16(41)18(7-14)55-4/h5-9,11-13,20,22-25,27-33,36-46,48-54H,10H2,1-4H3/t11-,12+,13-,20-,22+,23+,24+,25-,27+,28+,29-,30+,31-,32+,33+,36-,37-,38+,39+,40+/m1/s1. The molecule has 356 valence electrons. The Labute approximate surface area is 362 Å². The number of phenolic OH excluding ortho intramolecular Hbond substituents is 2. The van der Waals surface area contributed by atoms with Crippen LogP contribution in [0.15, 0.2) is 39.5 Å². The van der Waals surface area contributed by atoms with E-state index in [4.69, 9.17) is 47.0 Å². The summed E-state index contributed by atoms with van der Waals surface area (Å²) < 4.78 is 57.4. The molecule has 5 heterocycles. The van der Waals surface area contributed by atoms with Gasteiger partial charge in [-0.1, -0.05) is 0 Å². The van der Waals surface area contributed by atoms with Crippen molar-refractivity contribution >= 4 is 11.0 Å². The summed E-state index contributed by atoms with van der Waals surface area (Å²) in [6, 6.07) is 5.77. The predicted octanol–water partition coefficient (Wildman–Crippen LogP) is -4.03. The lowest BCUT2D eigenvalue weighted by molar-refractivity contribution is -0.360. The highest BCUT2D eigenvalue weighted by Crippen LogP contribution is 2.41. The average Bonchev–Trinajstić information content (AvgIpc) is 3.26. The number of rotatable bonds is 11. The Balaban J connectivity index is 1.29. The van der Waals surface area contributed by atoms with Crippen LogP contribution in [0.4, 0.5) is 0 Å². The molecule has 4 aliphatic heterocycles. The van der Waals surface area contributed by atoms with E-state index in [0.29, 0.717) is 0 Å². The summed E-state index contributed by atoms with van der Waals surface area (Å²) >= 11 is 0. The topological polar surface area (TPSA) is 376 Å². The first-order chi connectivity index (χ1) is 30.2. The number of hydrogen-bond donors (Lipinski definition) is 13. The number of aromatic hydroxyl groups is 2. The Kier molecular flexibility index (Phi) is 14.3. The first kappa shape index (κ1) is 47.9. The number of methoxy groups -OCH3 is 1. The van der Waals surface area contributed by atoms with Crippen molar-refractivity contribution in [2.45, 2.75) is 144 Å². The summed E-state index contributed by atoms with van der Waals surface area (Å²) in [4.78, 5) is 14.6. The van der Waals surface area contributed by atoms with E-state index in [1.54, 1.807) is 0 Å². The second-order valence-corrected chi connectivity index (χ2v) is 16.0. The van der Waals surface area contributed by atoms with E-state index in [1.807, 2.05) is 0 Å². The van der Waals surface area contributed by atoms with Crippen LogP contribution in [-0.4, -0.2) is 203 Å². The molecule has 20 atom stereocenters. The smallest absolute Gasteiger partial charge is 0.239 e. The second kappa shape index (κ2) is 19.1. The Morgan fingerprint density at radius 3 is 1.75 bits per heavy atom. The van der Waals surface area contributed by atoms with Gasteiger partial charge in [-0.2, -0.15) is 0 Å². The largest absolute Gasteiger partial charge is 0.507 e. The molecule has 64 heavy (non-hydrogen) atoms. The third-order valence-electron chi connectivity index (χ3n) is 11.6. The summed E-state index contributed by atoms with van der Waals surface area (Å²) in [6.07, 6.45) is -33.1. The van der Waals surface area contributed by atoms with E-state index in [-0.39, 0.29) is 28.4 Å². The predicted molar refractivity (Wildman–Crippen MR) is 208 cm³/mol. The average molecular weight is 917 g/mol. The van der Waals surface area contributed by atoms with Crippen LogP contribution < -0.4 is 19.6 Å². The maximum Gasteiger partial charge on any atom is 0.239 e. The minimum Gasteiger partial charge on any atom is -0.507 e. The van der Waals surface area contributed by atoms with Crippen molar-refractivity contribution < 1.29 is 113 Å². The van der Waals surface area contributed by atoms with Gasteiger partial charge in [0.25, 0.3) is 0 Å². The zero-order valence-electron chi connectivity index (χ0n) is 34.4. The van der Waals surface area contributed by atoms with Crippen LogP contribution >= 0.6 is 0 Å². The number of aliphatic hydroxyl groups is 11. The van der Waals surface area contributed by atoms with Gasteiger partial charge in [-0.05, 0) is 39.0 Å². The van der Waals surface area contributed by atoms with Gasteiger partial charge in [-0.25, -0.2) is 0 Å². The molecule has 0 radical (unpaired) electrons. The van der Waals surface area contributed by atoms with Crippen molar-refractivity contribution in [3.05, 3.63) is 40.6 Å². The van der Waals surface area contributed by atoms with Crippen LogP contribution in [0, 0.1) is 0 Å². The third kappa shape index (κ3) is 9.08. The first-order valence-corrected chi connectivity index (χ1v) is 20.1. The Morgan fingerprint density at radius 1 is 0.578 bits per heavy atom. The van der Waals surface area contributed by atoms with Crippen LogP contribution in [0.3, 0.4) is 0 Å². The van der Waals surface area contributed by atoms with Gasteiger partial charge < -0.3 is 113 Å². The molecular weight excluding hydrogens is 864 g/mol. The van der Waals surface area contributed by atoms with Gasteiger partial charge in [0, 0.05) is 17.7 Å². The zero-order chi connectivity index (χ0) is 46.6. The normalized spacial score (nSPS) is 40.5. The second-order valence-electron chi connectivity index (χ2n) is 16.0. The highest BCUT2D eigenvalue weighted by molar-refractivity contribution is 5.88. The quantitative estimate of drug-likeness (QED) is 0.0871. The number of benzene rings is 2. The molecule has 0 unspecified atom stereocenters. The fourth-order valence-corrected chi connectivity index (χ4v) is 7.71. The number of hydrogen-bond acceptors (Lipinski definition) is 24. The van der Waals surface area contributed by atoms with Crippen LogP contribution in [0.1, 0.15) is 20.8 Å². The molecule has 4 saturated heterocycles. The van der Waals surface area contributed by atoms with E-state index < -0.39 is 158 Å². The van der Waals surface area contributed by atoms with E-state index >= 15 is 0 Å². The van der Waals surface area contributed by atoms with Crippen molar-refractivity contribution in [2.75, 3.05) is 13.7 Å². The minimum atomic E-state index is -2.08. The lowest BCUT2D eigenvalue weighted by Gasteiger charge is -2.46. The molecule has 3 aromatic rings. The summed E-state index contributed by atoms with van der Waals surface area (Å²) in [7, 11) is 1.24. The van der Waals surface area contributed by atoms with Crippen molar-refractivity contribution in [1.82, 2.24) is 0 Å². The Morgan fingerprint density at radius 2 is 1.14 bits per heavy atom. The number of ether oxygens (including phenoxy) is 9. The third-order valence-corrected chi connectivity index (χ3v) is 11.6. The molecule has 24 heteroatoms. The number of fused-ring (bicyclic) bond motifs is 1. The number of phenols is 2. The van der Waals surface area contributed by atoms with Gasteiger partial charge in [-0.3, -0.25) is 4.79 Å². The summed E-state index contributed by atoms with van der Waals surface area (Å²) in [5.41, 5.74) is -1.51. The van der Waals surface area contributed by atoms with E-state index in [2.05, 4.69) is 0 Å². The lowest BCUT2D eigenvalue weighted by Crippen LogP contribution is -2.65. The molecule has 0 bridgehead atoms.